The minimum absolute atomic E-state index is 0.0640. The van der Waals surface area contributed by atoms with Crippen molar-refractivity contribution >= 4 is 47.5 Å². The van der Waals surface area contributed by atoms with E-state index in [9.17, 15) is 19.2 Å². The predicted molar refractivity (Wildman–Crippen MR) is 123 cm³/mol. The zero-order chi connectivity index (χ0) is 23.1. The Morgan fingerprint density at radius 1 is 0.719 bits per heavy atom. The maximum absolute atomic E-state index is 11.1. The highest BCUT2D eigenvalue weighted by atomic mass is 32.2. The Morgan fingerprint density at radius 2 is 1.12 bits per heavy atom. The Balaban J connectivity index is 0.000000181. The molecule has 12 heteroatoms. The predicted octanol–water partition coefficient (Wildman–Crippen LogP) is 1.59. The number of thioether (sulfide) groups is 2. The standard InChI is InChI=1S/2C10H16N2O3S/c2*13-8(14)4-2-1-3-7-9-6(5-16-7)11-10(15)12-9/h2*6-7,9H,1-5H2,(H,13,14)(H2,11,12,15)/t2*6-,7-,9-/m00/s1. The largest absolute Gasteiger partial charge is 0.481 e. The van der Waals surface area contributed by atoms with Crippen molar-refractivity contribution in [2.75, 3.05) is 11.5 Å². The molecule has 0 aliphatic carbocycles. The third kappa shape index (κ3) is 7.09. The van der Waals surface area contributed by atoms with Gasteiger partial charge in [0.2, 0.25) is 0 Å². The number of hydrogen-bond donors (Lipinski definition) is 6. The van der Waals surface area contributed by atoms with Gasteiger partial charge >= 0.3 is 24.0 Å². The molecule has 4 rings (SSSR count). The molecule has 180 valence electrons. The highest BCUT2D eigenvalue weighted by molar-refractivity contribution is 8.00. The average molecular weight is 489 g/mol. The molecule has 10 nitrogen and oxygen atoms in total. The topological polar surface area (TPSA) is 157 Å². The van der Waals surface area contributed by atoms with Gasteiger partial charge < -0.3 is 31.5 Å². The molecule has 6 N–H and O–H groups in total. The summed E-state index contributed by atoms with van der Waals surface area (Å²) < 4.78 is 0. The quantitative estimate of drug-likeness (QED) is 0.200. The maximum Gasteiger partial charge on any atom is 0.315 e. The van der Waals surface area contributed by atoms with Gasteiger partial charge in [0.15, 0.2) is 0 Å². The molecule has 6 atom stereocenters. The molecule has 4 saturated heterocycles. The monoisotopic (exact) mass is 488 g/mol. The molecule has 0 spiro atoms. The number of unbranched alkanes of at least 4 members (excludes halogenated alkanes) is 2. The molecule has 0 aromatic rings. The van der Waals surface area contributed by atoms with Gasteiger partial charge in [0, 0.05) is 34.8 Å². The zero-order valence-corrected chi connectivity index (χ0v) is 19.5. The van der Waals surface area contributed by atoms with Gasteiger partial charge in [-0.3, -0.25) is 9.59 Å². The smallest absolute Gasteiger partial charge is 0.315 e. The highest BCUT2D eigenvalue weighted by Crippen LogP contribution is 2.34. The summed E-state index contributed by atoms with van der Waals surface area (Å²) >= 11 is 3.74. The van der Waals surface area contributed by atoms with Crippen LogP contribution in [0.3, 0.4) is 0 Å². The van der Waals surface area contributed by atoms with E-state index in [1.165, 1.54) is 0 Å². The van der Waals surface area contributed by atoms with Crippen LogP contribution in [0.25, 0.3) is 0 Å². The number of carbonyl (C=O) groups excluding carboxylic acids is 2. The fourth-order valence-electron chi connectivity index (χ4n) is 4.53. The first-order chi connectivity index (χ1) is 15.3. The van der Waals surface area contributed by atoms with Crippen LogP contribution in [-0.2, 0) is 9.59 Å². The first-order valence-electron chi connectivity index (χ1n) is 11.1. The lowest BCUT2D eigenvalue weighted by atomic mass is 10.0. The van der Waals surface area contributed by atoms with Crippen molar-refractivity contribution in [3.8, 4) is 0 Å². The molecule has 0 aromatic heterocycles. The SMILES string of the molecule is O=C(O)CCCC[C@@H]1SC[C@@H]2NC(=O)N[C@@H]21.O=C(O)CCCC[C@@H]1SC[C@@H]2NC(=O)N[C@@H]21. The van der Waals surface area contributed by atoms with E-state index >= 15 is 0 Å². The number of hydrogen-bond acceptors (Lipinski definition) is 6. The fourth-order valence-corrected chi connectivity index (χ4v) is 7.62. The maximum atomic E-state index is 11.1. The first-order valence-corrected chi connectivity index (χ1v) is 13.2. The van der Waals surface area contributed by atoms with Crippen LogP contribution in [0.4, 0.5) is 9.59 Å². The fraction of sp³-hybridized carbons (Fsp3) is 0.800. The summed E-state index contributed by atoms with van der Waals surface area (Å²) in [4.78, 5) is 42.9. The van der Waals surface area contributed by atoms with Crippen LogP contribution >= 0.6 is 23.5 Å². The van der Waals surface area contributed by atoms with Crippen molar-refractivity contribution in [2.45, 2.75) is 86.0 Å². The van der Waals surface area contributed by atoms with Gasteiger partial charge in [-0.2, -0.15) is 23.5 Å². The third-order valence-electron chi connectivity index (χ3n) is 6.13. The Kier molecular flexibility index (Phi) is 9.21. The Labute approximate surface area is 195 Å². The average Bonchev–Trinajstić information content (AvgIpc) is 3.45. The molecule has 0 aromatic carbocycles. The van der Waals surface area contributed by atoms with Crippen molar-refractivity contribution in [3.05, 3.63) is 0 Å². The van der Waals surface area contributed by atoms with Crippen molar-refractivity contribution in [1.29, 1.82) is 0 Å². The number of fused-ring (bicyclic) bond motifs is 2. The molecule has 32 heavy (non-hydrogen) atoms. The van der Waals surface area contributed by atoms with Crippen LogP contribution in [0, 0.1) is 0 Å². The second kappa shape index (κ2) is 11.9. The van der Waals surface area contributed by atoms with Crippen molar-refractivity contribution in [1.82, 2.24) is 21.3 Å². The lowest BCUT2D eigenvalue weighted by Gasteiger charge is -2.16. The van der Waals surface area contributed by atoms with Crippen LogP contribution in [0.5, 0.6) is 0 Å². The van der Waals surface area contributed by atoms with Gasteiger partial charge in [0.05, 0.1) is 24.2 Å². The van der Waals surface area contributed by atoms with Gasteiger partial charge in [0.1, 0.15) is 0 Å². The third-order valence-corrected chi connectivity index (χ3v) is 9.15. The van der Waals surface area contributed by atoms with Crippen molar-refractivity contribution < 1.29 is 29.4 Å². The second-order valence-electron chi connectivity index (χ2n) is 8.52. The lowest BCUT2D eigenvalue weighted by molar-refractivity contribution is -0.138. The van der Waals surface area contributed by atoms with E-state index < -0.39 is 11.9 Å². The summed E-state index contributed by atoms with van der Waals surface area (Å²) in [5.74, 6) is 0.473. The molecule has 0 unspecified atom stereocenters. The Morgan fingerprint density at radius 3 is 1.50 bits per heavy atom. The summed E-state index contributed by atoms with van der Waals surface area (Å²) in [5, 5.41) is 29.6. The lowest BCUT2D eigenvalue weighted by Crippen LogP contribution is -2.36. The number of carboxylic acids is 2. The van der Waals surface area contributed by atoms with Gasteiger partial charge in [-0.1, -0.05) is 12.8 Å². The summed E-state index contributed by atoms with van der Waals surface area (Å²) in [7, 11) is 0. The Hall–Kier alpha value is -1.82. The van der Waals surface area contributed by atoms with E-state index in [0.29, 0.717) is 10.5 Å². The molecule has 4 amide bonds. The van der Waals surface area contributed by atoms with Crippen LogP contribution in [0.2, 0.25) is 0 Å². The first kappa shape index (κ1) is 24.8. The van der Waals surface area contributed by atoms with Crippen LogP contribution < -0.4 is 21.3 Å². The molecule has 4 fully saturated rings. The molecule has 4 heterocycles. The van der Waals surface area contributed by atoms with E-state index in [0.717, 1.165) is 50.0 Å². The number of carbonyl (C=O) groups is 4. The van der Waals surface area contributed by atoms with Crippen molar-refractivity contribution in [2.24, 2.45) is 0 Å². The summed E-state index contributed by atoms with van der Waals surface area (Å²) in [6, 6.07) is 0.880. The van der Waals surface area contributed by atoms with Crippen LogP contribution in [0.1, 0.15) is 51.4 Å². The van der Waals surface area contributed by atoms with Crippen LogP contribution in [-0.4, -0.2) is 80.4 Å². The highest BCUT2D eigenvalue weighted by Gasteiger charge is 2.43. The second-order valence-corrected chi connectivity index (χ2v) is 11.1. The normalized spacial score (nSPS) is 32.0. The van der Waals surface area contributed by atoms with Crippen molar-refractivity contribution in [3.63, 3.8) is 0 Å². The van der Waals surface area contributed by atoms with E-state index in [4.69, 9.17) is 10.2 Å². The van der Waals surface area contributed by atoms with E-state index in [1.54, 1.807) is 0 Å². The number of urea groups is 2. The van der Waals surface area contributed by atoms with Gasteiger partial charge in [-0.15, -0.1) is 0 Å². The minimum Gasteiger partial charge on any atom is -0.481 e. The van der Waals surface area contributed by atoms with Gasteiger partial charge in [-0.05, 0) is 25.7 Å². The molecule has 4 aliphatic rings. The van der Waals surface area contributed by atoms with Gasteiger partial charge in [-0.25, -0.2) is 9.59 Å². The molecule has 0 bridgehead atoms. The number of nitrogens with one attached hydrogen (secondary N) is 4. The van der Waals surface area contributed by atoms with E-state index in [-0.39, 0.29) is 49.1 Å². The summed E-state index contributed by atoms with van der Waals surface area (Å²) in [6.45, 7) is 0. The zero-order valence-electron chi connectivity index (χ0n) is 17.9. The van der Waals surface area contributed by atoms with E-state index in [2.05, 4.69) is 21.3 Å². The number of amides is 4. The molecule has 0 radical (unpaired) electrons. The van der Waals surface area contributed by atoms with Gasteiger partial charge in [0.25, 0.3) is 0 Å². The number of carboxylic acid groups (broad SMARTS) is 2. The molecular formula is C20H32N4O6S2. The number of aliphatic carboxylic acids is 2. The minimum atomic E-state index is -0.729. The van der Waals surface area contributed by atoms with E-state index in [1.807, 2.05) is 23.5 Å². The number of rotatable bonds is 10. The Bertz CT molecular complexity index is 654. The molecule has 0 saturated carbocycles. The summed E-state index contributed by atoms with van der Waals surface area (Å²) in [6.07, 6.45) is 5.76. The molecular weight excluding hydrogens is 456 g/mol. The summed E-state index contributed by atoms with van der Waals surface area (Å²) in [5.41, 5.74) is 0. The molecule has 4 aliphatic heterocycles. The van der Waals surface area contributed by atoms with Crippen LogP contribution in [0.15, 0.2) is 0 Å².